The van der Waals surface area contributed by atoms with Crippen LogP contribution in [-0.2, 0) is 0 Å². The topological polar surface area (TPSA) is 61.7 Å². The Hall–Kier alpha value is -0.918. The monoisotopic (exact) mass is 192 g/mol. The maximum Gasteiger partial charge on any atom is 0.211 e. The molecule has 0 saturated carbocycles. The van der Waals surface area contributed by atoms with Crippen LogP contribution >= 0.6 is 0 Å². The predicted molar refractivity (Wildman–Crippen MR) is 56.2 cm³/mol. The Morgan fingerprint density at radius 2 is 2.08 bits per heavy atom. The summed E-state index contributed by atoms with van der Waals surface area (Å²) in [6, 6.07) is 0. The van der Waals surface area contributed by atoms with E-state index in [1.807, 2.05) is 13.8 Å². The Morgan fingerprint density at radius 3 is 2.46 bits per heavy atom. The van der Waals surface area contributed by atoms with Crippen LogP contribution in [0.5, 0.6) is 0 Å². The summed E-state index contributed by atoms with van der Waals surface area (Å²) in [5.74, 6) is 0.681. The number of nitrogens with one attached hydrogen (secondary N) is 2. The van der Waals surface area contributed by atoms with Crippen molar-refractivity contribution in [1.82, 2.24) is 9.97 Å². The van der Waals surface area contributed by atoms with Gasteiger partial charge in [-0.2, -0.15) is 0 Å². The number of nitrogens with zero attached hydrogens (tertiary/aromatic N) is 2. The van der Waals surface area contributed by atoms with E-state index in [0.717, 1.165) is 4.56 Å². The molecule has 0 aliphatic rings. The molecule has 1 rings (SSSR count). The van der Waals surface area contributed by atoms with Crippen molar-refractivity contribution in [2.24, 2.45) is 0 Å². The molecule has 0 fully saturated rings. The summed E-state index contributed by atoms with van der Waals surface area (Å²) in [6.45, 7) is 4.00. The molecule has 0 aliphatic carbocycles. The maximum atomic E-state index is 7.07. The van der Waals surface area contributed by atoms with Gasteiger partial charge < -0.3 is 10.7 Å². The first-order chi connectivity index (χ1) is 6.29. The largest absolute Gasteiger partial charge is 0.373 e. The average molecular weight is 192 g/mol. The van der Waals surface area contributed by atoms with Gasteiger partial charge in [0.15, 0.2) is 0 Å². The lowest BCUT2D eigenvalue weighted by Gasteiger charge is -2.04. The third kappa shape index (κ3) is 3.13. The average Bonchev–Trinajstić information content (AvgIpc) is 2.20. The van der Waals surface area contributed by atoms with E-state index in [1.165, 1.54) is 12.5 Å². The highest BCUT2D eigenvalue weighted by molar-refractivity contribution is 6.34. The number of hydrogen-bond donors (Lipinski definition) is 2. The molecule has 0 atom stereocenters. The lowest BCUT2D eigenvalue weighted by molar-refractivity contribution is 1.18. The second-order valence-corrected chi connectivity index (χ2v) is 2.46. The molecule has 1 aromatic heterocycles. The summed E-state index contributed by atoms with van der Waals surface area (Å²) >= 11 is 2.45. The molecule has 1 heterocycles. The van der Waals surface area contributed by atoms with Gasteiger partial charge in [0.05, 0.1) is 0 Å². The zero-order valence-electron chi connectivity index (χ0n) is 8.13. The van der Waals surface area contributed by atoms with E-state index in [9.17, 15) is 0 Å². The van der Waals surface area contributed by atoms with Crippen molar-refractivity contribution in [3.8, 4) is 0 Å². The quantitative estimate of drug-likeness (QED) is 0.524. The molecule has 5 heteroatoms. The molecule has 0 spiro atoms. The third-order valence-electron chi connectivity index (χ3n) is 1.30. The minimum atomic E-state index is 0.681. The number of rotatable bonds is 2. The first-order valence-electron chi connectivity index (χ1n) is 4.08. The molecule has 13 heavy (non-hydrogen) atoms. The fourth-order valence-corrected chi connectivity index (χ4v) is 1.04. The summed E-state index contributed by atoms with van der Waals surface area (Å²) in [4.78, 5) is 7.86. The summed E-state index contributed by atoms with van der Waals surface area (Å²) in [5, 5.41) is 9.94. The van der Waals surface area contributed by atoms with Crippen molar-refractivity contribution < 1.29 is 0 Å². The van der Waals surface area contributed by atoms with Crippen LogP contribution < -0.4 is 9.87 Å². The standard InChI is InChI=1S/C6H7N4.C2H6.Al/c1-8-6-5(2-7)3-9-4-10-6;1-2;/h2,4,7H,1H3,(H,8,9,10);1-2H3;. The van der Waals surface area contributed by atoms with Crippen molar-refractivity contribution in [3.05, 3.63) is 11.9 Å². The van der Waals surface area contributed by atoms with Gasteiger partial charge in [-0.1, -0.05) is 13.8 Å². The van der Waals surface area contributed by atoms with Crippen molar-refractivity contribution >= 4 is 32.9 Å². The van der Waals surface area contributed by atoms with E-state index >= 15 is 0 Å². The second kappa shape index (κ2) is 6.58. The van der Waals surface area contributed by atoms with Crippen molar-refractivity contribution in [3.63, 3.8) is 0 Å². The van der Waals surface area contributed by atoms with Crippen LogP contribution in [0.4, 0.5) is 5.82 Å². The van der Waals surface area contributed by atoms with Gasteiger partial charge in [0.1, 0.15) is 12.1 Å². The SMILES string of the molecule is CC.CNc1ncn[c]([Al])c1C=N. The summed E-state index contributed by atoms with van der Waals surface area (Å²) in [5.41, 5.74) is 0.708. The summed E-state index contributed by atoms with van der Waals surface area (Å²) < 4.78 is 0.736. The lowest BCUT2D eigenvalue weighted by Crippen LogP contribution is -2.17. The van der Waals surface area contributed by atoms with Crippen LogP contribution in [0.2, 0.25) is 0 Å². The van der Waals surface area contributed by atoms with Gasteiger partial charge >= 0.3 is 0 Å². The molecule has 68 valence electrons. The molecule has 0 aliphatic heterocycles. The van der Waals surface area contributed by atoms with Crippen LogP contribution in [0.3, 0.4) is 0 Å². The van der Waals surface area contributed by atoms with E-state index in [1.54, 1.807) is 7.05 Å². The number of anilines is 1. The summed E-state index contributed by atoms with van der Waals surface area (Å²) in [6.07, 6.45) is 2.69. The van der Waals surface area contributed by atoms with Crippen molar-refractivity contribution in [2.75, 3.05) is 12.4 Å². The minimum absolute atomic E-state index is 0.681. The molecule has 4 nitrogen and oxygen atoms in total. The van der Waals surface area contributed by atoms with E-state index in [-0.39, 0.29) is 0 Å². The first kappa shape index (κ1) is 12.1. The maximum absolute atomic E-state index is 7.07. The van der Waals surface area contributed by atoms with Crippen LogP contribution in [-0.4, -0.2) is 39.5 Å². The van der Waals surface area contributed by atoms with E-state index in [4.69, 9.17) is 5.41 Å². The molecular weight excluding hydrogens is 179 g/mol. The van der Waals surface area contributed by atoms with Crippen LogP contribution in [0.15, 0.2) is 6.33 Å². The highest BCUT2D eigenvalue weighted by Crippen LogP contribution is 2.01. The highest BCUT2D eigenvalue weighted by atomic mass is 27.0. The minimum Gasteiger partial charge on any atom is -0.373 e. The van der Waals surface area contributed by atoms with E-state index < -0.39 is 0 Å². The lowest BCUT2D eigenvalue weighted by atomic mass is 10.3. The molecule has 1 aromatic rings. The highest BCUT2D eigenvalue weighted by Gasteiger charge is 2.00. The zero-order valence-corrected chi connectivity index (χ0v) is 9.28. The molecule has 0 unspecified atom stereocenters. The normalized spacial score (nSPS) is 8.23. The van der Waals surface area contributed by atoms with Gasteiger partial charge in [0, 0.05) is 18.8 Å². The zero-order chi connectivity index (χ0) is 10.3. The molecule has 0 aromatic carbocycles. The van der Waals surface area contributed by atoms with Gasteiger partial charge in [-0.3, -0.25) is 4.98 Å². The van der Waals surface area contributed by atoms with Gasteiger partial charge in [-0.25, -0.2) is 4.98 Å². The first-order valence-corrected chi connectivity index (χ1v) is 4.66. The molecule has 0 amide bonds. The Labute approximate surface area is 86.7 Å². The molecule has 0 saturated heterocycles. The van der Waals surface area contributed by atoms with Crippen LogP contribution in [0.25, 0.3) is 0 Å². The van der Waals surface area contributed by atoms with Crippen molar-refractivity contribution in [1.29, 1.82) is 5.41 Å². The van der Waals surface area contributed by atoms with E-state index in [2.05, 4.69) is 31.6 Å². The third-order valence-corrected chi connectivity index (χ3v) is 1.76. The van der Waals surface area contributed by atoms with Gasteiger partial charge in [-0.15, -0.1) is 0 Å². The predicted octanol–water partition coefficient (Wildman–Crippen LogP) is 0.336. The van der Waals surface area contributed by atoms with Crippen LogP contribution in [0.1, 0.15) is 19.4 Å². The fourth-order valence-electron chi connectivity index (χ4n) is 0.751. The molecule has 0 bridgehead atoms. The molecule has 2 radical (unpaired) electrons. The Bertz CT molecular complexity index is 275. The smallest absolute Gasteiger partial charge is 0.211 e. The number of aromatic nitrogens is 2. The van der Waals surface area contributed by atoms with Gasteiger partial charge in [0.2, 0.25) is 16.3 Å². The Morgan fingerprint density at radius 1 is 1.46 bits per heavy atom. The van der Waals surface area contributed by atoms with Gasteiger partial charge in [-0.05, 0) is 4.56 Å². The Balaban J connectivity index is 0.000000671. The van der Waals surface area contributed by atoms with Crippen LogP contribution in [0, 0.1) is 5.41 Å². The molecular formula is C8H13AlN4. The Kier molecular flexibility index (Phi) is 6.12. The summed E-state index contributed by atoms with van der Waals surface area (Å²) in [7, 11) is 1.76. The van der Waals surface area contributed by atoms with E-state index in [0.29, 0.717) is 11.4 Å². The molecule has 2 N–H and O–H groups in total. The van der Waals surface area contributed by atoms with Crippen molar-refractivity contribution in [2.45, 2.75) is 13.8 Å². The fraction of sp³-hybridized carbons (Fsp3) is 0.375. The van der Waals surface area contributed by atoms with Gasteiger partial charge in [0.25, 0.3) is 0 Å². The second-order valence-electron chi connectivity index (χ2n) is 1.92. The number of hydrogen-bond acceptors (Lipinski definition) is 4.